The fourth-order valence-electron chi connectivity index (χ4n) is 4.16. The van der Waals surface area contributed by atoms with Gasteiger partial charge in [0, 0.05) is 45.2 Å². The zero-order valence-electron chi connectivity index (χ0n) is 19.1. The summed E-state index contributed by atoms with van der Waals surface area (Å²) < 4.78 is 7.03. The van der Waals surface area contributed by atoms with E-state index >= 15 is 0 Å². The smallest absolute Gasteiger partial charge is 0.224 e. The lowest BCUT2D eigenvalue weighted by molar-refractivity contribution is -0.114. The van der Waals surface area contributed by atoms with Crippen molar-refractivity contribution in [3.05, 3.63) is 66.5 Å². The zero-order valence-corrected chi connectivity index (χ0v) is 20.0. The van der Waals surface area contributed by atoms with Crippen LogP contribution in [0.25, 0.3) is 10.2 Å². The number of amides is 1. The summed E-state index contributed by atoms with van der Waals surface area (Å²) in [7, 11) is 0. The average molecular weight is 475 g/mol. The molecule has 0 spiro atoms. The highest BCUT2D eigenvalue weighted by molar-refractivity contribution is 7.22. The second-order valence-corrected chi connectivity index (χ2v) is 9.26. The van der Waals surface area contributed by atoms with Crippen LogP contribution in [0.4, 0.5) is 10.9 Å². The Morgan fingerprint density at radius 3 is 2.62 bits per heavy atom. The van der Waals surface area contributed by atoms with E-state index in [1.807, 2.05) is 24.3 Å². The summed E-state index contributed by atoms with van der Waals surface area (Å²) in [6, 6.07) is 18.6. The minimum absolute atomic E-state index is 0.153. The highest BCUT2D eigenvalue weighted by Crippen LogP contribution is 2.34. The topological polar surface area (TPSA) is 83.5 Å². The maximum atomic E-state index is 11.4. The van der Waals surface area contributed by atoms with Gasteiger partial charge in [0.05, 0.1) is 4.70 Å². The summed E-state index contributed by atoms with van der Waals surface area (Å²) >= 11 is 1.41. The summed E-state index contributed by atoms with van der Waals surface area (Å²) in [5.74, 6) is 1.75. The third-order valence-electron chi connectivity index (χ3n) is 5.97. The number of ether oxygens (including phenoxy) is 1. The number of anilines is 2. The molecule has 4 aromatic rings. The average Bonchev–Trinajstić information content (AvgIpc) is 3.27. The number of nitrogens with zero attached hydrogens (tertiary/aromatic N) is 5. The first-order valence-corrected chi connectivity index (χ1v) is 12.1. The molecule has 34 heavy (non-hydrogen) atoms. The minimum atomic E-state index is -0.153. The van der Waals surface area contributed by atoms with Crippen LogP contribution in [0.2, 0.25) is 0 Å². The quantitative estimate of drug-likeness (QED) is 0.433. The van der Waals surface area contributed by atoms with E-state index < -0.39 is 0 Å². The van der Waals surface area contributed by atoms with E-state index in [1.165, 1.54) is 30.2 Å². The molecule has 1 saturated heterocycles. The molecule has 1 amide bonds. The van der Waals surface area contributed by atoms with Crippen LogP contribution < -0.4 is 15.0 Å². The van der Waals surface area contributed by atoms with E-state index in [-0.39, 0.29) is 5.91 Å². The third-order valence-corrected chi connectivity index (χ3v) is 6.91. The van der Waals surface area contributed by atoms with Crippen molar-refractivity contribution in [2.75, 3.05) is 36.4 Å². The molecule has 0 saturated carbocycles. The highest BCUT2D eigenvalue weighted by atomic mass is 32.1. The Bertz CT molecular complexity index is 1290. The number of nitrogens with one attached hydrogen (secondary N) is 1. The van der Waals surface area contributed by atoms with Crippen molar-refractivity contribution in [1.82, 2.24) is 19.9 Å². The van der Waals surface area contributed by atoms with Crippen LogP contribution in [0.5, 0.6) is 11.6 Å². The standard InChI is InChI=1S/C25H26N6O2S/c1-17(19-7-4-3-5-8-19)30-11-13-31(14-12-30)22-15-23(27-16-26-22)33-20-9-6-10-21-24(20)29-25(34-21)28-18(2)32/h3-10,15-17H,11-14H2,1-2H3,(H,28,29,32). The number of thiazole rings is 1. The Morgan fingerprint density at radius 2 is 1.85 bits per heavy atom. The van der Waals surface area contributed by atoms with Crippen LogP contribution in [-0.2, 0) is 4.79 Å². The van der Waals surface area contributed by atoms with Crippen LogP contribution in [0.1, 0.15) is 25.5 Å². The first kappa shape index (κ1) is 22.2. The molecule has 1 aliphatic rings. The molecule has 0 aliphatic carbocycles. The lowest BCUT2D eigenvalue weighted by atomic mass is 10.1. The molecular formula is C25H26N6O2S. The van der Waals surface area contributed by atoms with Gasteiger partial charge in [0.2, 0.25) is 11.8 Å². The van der Waals surface area contributed by atoms with Crippen molar-refractivity contribution >= 4 is 38.4 Å². The van der Waals surface area contributed by atoms with Crippen molar-refractivity contribution in [2.24, 2.45) is 0 Å². The molecule has 2 aromatic heterocycles. The van der Waals surface area contributed by atoms with Gasteiger partial charge in [0.1, 0.15) is 17.7 Å². The van der Waals surface area contributed by atoms with Crippen molar-refractivity contribution in [2.45, 2.75) is 19.9 Å². The lowest BCUT2D eigenvalue weighted by Crippen LogP contribution is -2.47. The number of hydrogen-bond acceptors (Lipinski definition) is 8. The van der Waals surface area contributed by atoms with E-state index in [0.29, 0.717) is 28.3 Å². The number of aromatic nitrogens is 3. The monoisotopic (exact) mass is 474 g/mol. The van der Waals surface area contributed by atoms with Crippen LogP contribution in [0, 0.1) is 0 Å². The molecule has 1 aliphatic heterocycles. The van der Waals surface area contributed by atoms with Gasteiger partial charge in [0.15, 0.2) is 10.9 Å². The largest absolute Gasteiger partial charge is 0.437 e. The maximum Gasteiger partial charge on any atom is 0.224 e. The number of carbonyl (C=O) groups is 1. The van der Waals surface area contributed by atoms with E-state index in [9.17, 15) is 4.79 Å². The van der Waals surface area contributed by atoms with Crippen molar-refractivity contribution in [3.8, 4) is 11.6 Å². The van der Waals surface area contributed by atoms with Crippen LogP contribution in [-0.4, -0.2) is 51.9 Å². The summed E-state index contributed by atoms with van der Waals surface area (Å²) in [6.07, 6.45) is 1.54. The van der Waals surface area contributed by atoms with Crippen molar-refractivity contribution < 1.29 is 9.53 Å². The highest BCUT2D eigenvalue weighted by Gasteiger charge is 2.23. The fourth-order valence-corrected chi connectivity index (χ4v) is 5.09. The van der Waals surface area contributed by atoms with E-state index in [0.717, 1.165) is 36.7 Å². The number of piperazine rings is 1. The number of fused-ring (bicyclic) bond motifs is 1. The Balaban J connectivity index is 1.28. The van der Waals surface area contributed by atoms with Crippen LogP contribution in [0.15, 0.2) is 60.9 Å². The van der Waals surface area contributed by atoms with E-state index in [4.69, 9.17) is 4.74 Å². The SMILES string of the molecule is CC(=O)Nc1nc2c(Oc3cc(N4CCN(C(C)c5ccccc5)CC4)ncn3)cccc2s1. The number of hydrogen-bond donors (Lipinski definition) is 1. The summed E-state index contributed by atoms with van der Waals surface area (Å²) in [5, 5.41) is 3.28. The van der Waals surface area contributed by atoms with Crippen molar-refractivity contribution in [1.29, 1.82) is 0 Å². The number of para-hydroxylation sites is 1. The lowest BCUT2D eigenvalue weighted by Gasteiger charge is -2.38. The normalized spacial score (nSPS) is 15.3. The zero-order chi connectivity index (χ0) is 23.5. The minimum Gasteiger partial charge on any atom is -0.437 e. The van der Waals surface area contributed by atoms with Gasteiger partial charge in [-0.3, -0.25) is 9.69 Å². The van der Waals surface area contributed by atoms with Gasteiger partial charge in [-0.25, -0.2) is 15.0 Å². The molecule has 1 N–H and O–H groups in total. The Kier molecular flexibility index (Phi) is 6.37. The molecule has 9 heteroatoms. The molecule has 2 aromatic carbocycles. The van der Waals surface area contributed by atoms with E-state index in [1.54, 1.807) is 0 Å². The molecule has 1 atom stereocenters. The first-order chi connectivity index (χ1) is 16.6. The second kappa shape index (κ2) is 9.74. The van der Waals surface area contributed by atoms with Gasteiger partial charge < -0.3 is 15.0 Å². The molecule has 1 unspecified atom stereocenters. The Hall–Kier alpha value is -3.56. The van der Waals surface area contributed by atoms with Gasteiger partial charge in [-0.15, -0.1) is 0 Å². The maximum absolute atomic E-state index is 11.4. The Labute approximate surface area is 202 Å². The summed E-state index contributed by atoms with van der Waals surface area (Å²) in [6.45, 7) is 7.41. The Morgan fingerprint density at radius 1 is 1.06 bits per heavy atom. The molecule has 1 fully saturated rings. The van der Waals surface area contributed by atoms with Crippen LogP contribution >= 0.6 is 11.3 Å². The van der Waals surface area contributed by atoms with Gasteiger partial charge >= 0.3 is 0 Å². The molecule has 3 heterocycles. The predicted molar refractivity (Wildman–Crippen MR) is 135 cm³/mol. The fraction of sp³-hybridized carbons (Fsp3) is 0.280. The summed E-state index contributed by atoms with van der Waals surface area (Å²) in [4.78, 5) is 29.5. The molecule has 174 valence electrons. The predicted octanol–water partition coefficient (Wildman–Crippen LogP) is 4.72. The molecule has 0 radical (unpaired) electrons. The third kappa shape index (κ3) is 4.85. The molecule has 5 rings (SSSR count). The second-order valence-electron chi connectivity index (χ2n) is 8.23. The molecule has 0 bridgehead atoms. The number of carbonyl (C=O) groups excluding carboxylic acids is 1. The van der Waals surface area contributed by atoms with Gasteiger partial charge in [-0.2, -0.15) is 0 Å². The van der Waals surface area contributed by atoms with Gasteiger partial charge in [-0.05, 0) is 24.6 Å². The summed E-state index contributed by atoms with van der Waals surface area (Å²) in [5.41, 5.74) is 2.03. The molecular weight excluding hydrogens is 448 g/mol. The van der Waals surface area contributed by atoms with E-state index in [2.05, 4.69) is 67.3 Å². The van der Waals surface area contributed by atoms with Gasteiger partial charge in [-0.1, -0.05) is 47.7 Å². The first-order valence-electron chi connectivity index (χ1n) is 11.3. The van der Waals surface area contributed by atoms with Crippen molar-refractivity contribution in [3.63, 3.8) is 0 Å². The molecule has 8 nitrogen and oxygen atoms in total. The number of rotatable bonds is 6. The van der Waals surface area contributed by atoms with Crippen LogP contribution in [0.3, 0.4) is 0 Å². The van der Waals surface area contributed by atoms with Gasteiger partial charge in [0.25, 0.3) is 0 Å². The number of benzene rings is 2.